The average Bonchev–Trinajstić information content (AvgIpc) is 2.84. The minimum atomic E-state index is -0.239. The van der Waals surface area contributed by atoms with E-state index in [9.17, 15) is 14.4 Å². The molecule has 0 spiro atoms. The summed E-state index contributed by atoms with van der Waals surface area (Å²) < 4.78 is 5.15. The van der Waals surface area contributed by atoms with E-state index in [0.717, 1.165) is 35.2 Å². The molecule has 35 heavy (non-hydrogen) atoms. The van der Waals surface area contributed by atoms with Crippen LogP contribution in [0.25, 0.3) is 0 Å². The second kappa shape index (κ2) is 12.5. The van der Waals surface area contributed by atoms with Crippen LogP contribution in [0, 0.1) is 18.8 Å². The second-order valence-electron chi connectivity index (χ2n) is 9.78. The number of carbonyl (C=O) groups is 3. The SMILES string of the molecule is CCOC(=O)C1CCCN(C(=O)Cc2ccc(N(Cc3ccccc3C)C(=O)CC(C)C)cc2)C1. The molecule has 1 unspecified atom stereocenters. The quantitative estimate of drug-likeness (QED) is 0.480. The molecule has 0 aliphatic carbocycles. The van der Waals surface area contributed by atoms with Gasteiger partial charge in [-0.3, -0.25) is 14.4 Å². The van der Waals surface area contributed by atoms with Crippen LogP contribution >= 0.6 is 0 Å². The number of carbonyl (C=O) groups excluding carboxylic acids is 3. The zero-order chi connectivity index (χ0) is 25.4. The third-order valence-corrected chi connectivity index (χ3v) is 6.47. The van der Waals surface area contributed by atoms with Gasteiger partial charge in [-0.05, 0) is 61.4 Å². The fourth-order valence-electron chi connectivity index (χ4n) is 4.48. The van der Waals surface area contributed by atoms with Crippen molar-refractivity contribution in [2.75, 3.05) is 24.6 Å². The number of hydrogen-bond donors (Lipinski definition) is 0. The highest BCUT2D eigenvalue weighted by Gasteiger charge is 2.29. The van der Waals surface area contributed by atoms with Crippen molar-refractivity contribution >= 4 is 23.5 Å². The molecule has 1 heterocycles. The standard InChI is InChI=1S/C29H38N2O4/c1-5-35-29(34)25-11-8-16-30(19-25)27(32)18-23-12-14-26(15-13-23)31(28(33)17-21(2)3)20-24-10-7-6-9-22(24)4/h6-7,9-10,12-15,21,25H,5,8,11,16-20H2,1-4H3. The lowest BCUT2D eigenvalue weighted by atomic mass is 9.97. The normalized spacial score (nSPS) is 15.7. The van der Waals surface area contributed by atoms with E-state index in [1.54, 1.807) is 11.8 Å². The number of amides is 2. The van der Waals surface area contributed by atoms with Gasteiger partial charge in [0.2, 0.25) is 11.8 Å². The fraction of sp³-hybridized carbons (Fsp3) is 0.483. The number of anilines is 1. The molecular weight excluding hydrogens is 440 g/mol. The zero-order valence-corrected chi connectivity index (χ0v) is 21.5. The van der Waals surface area contributed by atoms with Crippen molar-refractivity contribution in [3.8, 4) is 0 Å². The van der Waals surface area contributed by atoms with Gasteiger partial charge in [-0.15, -0.1) is 0 Å². The molecule has 1 saturated heterocycles. The maximum Gasteiger partial charge on any atom is 0.310 e. The van der Waals surface area contributed by atoms with Crippen LogP contribution in [-0.4, -0.2) is 42.4 Å². The van der Waals surface area contributed by atoms with Crippen LogP contribution in [0.5, 0.6) is 0 Å². The van der Waals surface area contributed by atoms with Gasteiger partial charge in [0, 0.05) is 25.2 Å². The molecule has 2 aromatic carbocycles. The summed E-state index contributed by atoms with van der Waals surface area (Å²) in [5, 5.41) is 0. The summed E-state index contributed by atoms with van der Waals surface area (Å²) in [7, 11) is 0. The summed E-state index contributed by atoms with van der Waals surface area (Å²) in [6, 6.07) is 15.8. The van der Waals surface area contributed by atoms with Gasteiger partial charge in [-0.2, -0.15) is 0 Å². The Labute approximate surface area is 209 Å². The summed E-state index contributed by atoms with van der Waals surface area (Å²) in [6.07, 6.45) is 2.31. The van der Waals surface area contributed by atoms with E-state index >= 15 is 0 Å². The molecule has 0 radical (unpaired) electrons. The molecule has 6 nitrogen and oxygen atoms in total. The lowest BCUT2D eigenvalue weighted by molar-refractivity contribution is -0.151. The highest BCUT2D eigenvalue weighted by Crippen LogP contribution is 2.23. The first-order valence-electron chi connectivity index (χ1n) is 12.7. The third kappa shape index (κ3) is 7.41. The second-order valence-corrected chi connectivity index (χ2v) is 9.78. The molecule has 0 saturated carbocycles. The first-order chi connectivity index (χ1) is 16.8. The molecule has 1 atom stereocenters. The highest BCUT2D eigenvalue weighted by molar-refractivity contribution is 5.93. The number of hydrogen-bond acceptors (Lipinski definition) is 4. The zero-order valence-electron chi connectivity index (χ0n) is 21.5. The van der Waals surface area contributed by atoms with Gasteiger partial charge in [0.25, 0.3) is 0 Å². The Balaban J connectivity index is 1.70. The van der Waals surface area contributed by atoms with Crippen molar-refractivity contribution in [3.05, 3.63) is 65.2 Å². The Kier molecular flexibility index (Phi) is 9.47. The van der Waals surface area contributed by atoms with E-state index in [2.05, 4.69) is 19.1 Å². The molecule has 1 fully saturated rings. The Hall–Kier alpha value is -3.15. The minimum absolute atomic E-state index is 0.0133. The van der Waals surface area contributed by atoms with Crippen LogP contribution in [0.2, 0.25) is 0 Å². The minimum Gasteiger partial charge on any atom is -0.466 e. The van der Waals surface area contributed by atoms with Gasteiger partial charge in [0.1, 0.15) is 0 Å². The number of rotatable bonds is 9. The molecule has 6 heteroatoms. The Bertz CT molecular complexity index is 1020. The van der Waals surface area contributed by atoms with E-state index < -0.39 is 0 Å². The molecule has 3 rings (SSSR count). The van der Waals surface area contributed by atoms with Gasteiger partial charge >= 0.3 is 5.97 Å². The van der Waals surface area contributed by atoms with Gasteiger partial charge in [-0.25, -0.2) is 0 Å². The monoisotopic (exact) mass is 478 g/mol. The summed E-state index contributed by atoms with van der Waals surface area (Å²) in [5.41, 5.74) is 3.99. The molecule has 0 bridgehead atoms. The summed E-state index contributed by atoms with van der Waals surface area (Å²) in [5.74, 6) is -0.0855. The molecule has 188 valence electrons. The van der Waals surface area contributed by atoms with Crippen LogP contribution in [0.1, 0.15) is 56.7 Å². The number of esters is 1. The van der Waals surface area contributed by atoms with E-state index in [-0.39, 0.29) is 36.0 Å². The summed E-state index contributed by atoms with van der Waals surface area (Å²) >= 11 is 0. The maximum atomic E-state index is 13.1. The molecule has 1 aliphatic heterocycles. The fourth-order valence-corrected chi connectivity index (χ4v) is 4.48. The van der Waals surface area contributed by atoms with E-state index in [1.807, 2.05) is 55.1 Å². The lowest BCUT2D eigenvalue weighted by Crippen LogP contribution is -2.43. The smallest absolute Gasteiger partial charge is 0.310 e. The van der Waals surface area contributed by atoms with E-state index in [4.69, 9.17) is 4.74 Å². The van der Waals surface area contributed by atoms with Crippen molar-refractivity contribution in [1.29, 1.82) is 0 Å². The first kappa shape index (κ1) is 26.5. The Morgan fingerprint density at radius 2 is 1.80 bits per heavy atom. The molecule has 0 aromatic heterocycles. The summed E-state index contributed by atoms with van der Waals surface area (Å²) in [6.45, 7) is 9.91. The first-order valence-corrected chi connectivity index (χ1v) is 12.7. The number of nitrogens with zero attached hydrogens (tertiary/aromatic N) is 2. The van der Waals surface area contributed by atoms with E-state index in [0.29, 0.717) is 32.7 Å². The number of benzene rings is 2. The molecule has 2 amide bonds. The third-order valence-electron chi connectivity index (χ3n) is 6.47. The number of aryl methyl sites for hydroxylation is 1. The van der Waals surface area contributed by atoms with Crippen molar-refractivity contribution in [1.82, 2.24) is 4.90 Å². The van der Waals surface area contributed by atoms with Crippen molar-refractivity contribution < 1.29 is 19.1 Å². The van der Waals surface area contributed by atoms with Gasteiger partial charge < -0.3 is 14.5 Å². The number of piperidine rings is 1. The van der Waals surface area contributed by atoms with Crippen LogP contribution < -0.4 is 4.90 Å². The largest absolute Gasteiger partial charge is 0.466 e. The van der Waals surface area contributed by atoms with Crippen molar-refractivity contribution in [2.24, 2.45) is 11.8 Å². The number of ether oxygens (including phenoxy) is 1. The Morgan fingerprint density at radius 1 is 1.09 bits per heavy atom. The molecular formula is C29H38N2O4. The Morgan fingerprint density at radius 3 is 2.46 bits per heavy atom. The molecule has 1 aliphatic rings. The van der Waals surface area contributed by atoms with Gasteiger partial charge in [0.15, 0.2) is 0 Å². The molecule has 2 aromatic rings. The topological polar surface area (TPSA) is 66.9 Å². The number of likely N-dealkylation sites (tertiary alicyclic amines) is 1. The lowest BCUT2D eigenvalue weighted by Gasteiger charge is -2.31. The van der Waals surface area contributed by atoms with Crippen LogP contribution in [0.4, 0.5) is 5.69 Å². The summed E-state index contributed by atoms with van der Waals surface area (Å²) in [4.78, 5) is 41.7. The van der Waals surface area contributed by atoms with Crippen molar-refractivity contribution in [3.63, 3.8) is 0 Å². The average molecular weight is 479 g/mol. The predicted molar refractivity (Wildman–Crippen MR) is 138 cm³/mol. The van der Waals surface area contributed by atoms with Gasteiger partial charge in [-0.1, -0.05) is 50.2 Å². The predicted octanol–water partition coefficient (Wildman–Crippen LogP) is 4.92. The van der Waals surface area contributed by atoms with Gasteiger partial charge in [0.05, 0.1) is 25.5 Å². The van der Waals surface area contributed by atoms with Crippen LogP contribution in [0.3, 0.4) is 0 Å². The van der Waals surface area contributed by atoms with Crippen LogP contribution in [-0.2, 0) is 32.1 Å². The van der Waals surface area contributed by atoms with E-state index in [1.165, 1.54) is 0 Å². The van der Waals surface area contributed by atoms with Crippen molar-refractivity contribution in [2.45, 2.75) is 59.9 Å². The molecule has 0 N–H and O–H groups in total. The van der Waals surface area contributed by atoms with Crippen LogP contribution in [0.15, 0.2) is 48.5 Å². The highest BCUT2D eigenvalue weighted by atomic mass is 16.5. The maximum absolute atomic E-state index is 13.1.